The third kappa shape index (κ3) is 8.88. The van der Waals surface area contributed by atoms with E-state index in [2.05, 4.69) is 27.7 Å². The molecule has 1 aliphatic heterocycles. The second-order valence-electron chi connectivity index (χ2n) is 7.70. The summed E-state index contributed by atoms with van der Waals surface area (Å²) in [6.07, 6.45) is -0.327. The van der Waals surface area contributed by atoms with Crippen molar-refractivity contribution in [3.63, 3.8) is 0 Å². The first-order valence-corrected chi connectivity index (χ1v) is 9.43. The lowest BCUT2D eigenvalue weighted by Gasteiger charge is -2.33. The molecule has 0 saturated carbocycles. The second-order valence-corrected chi connectivity index (χ2v) is 7.70. The number of amides is 2. The first-order valence-electron chi connectivity index (χ1n) is 9.43. The van der Waals surface area contributed by atoms with Gasteiger partial charge in [0.05, 0.1) is 12.7 Å². The fourth-order valence-electron chi connectivity index (χ4n) is 2.80. The van der Waals surface area contributed by atoms with Gasteiger partial charge in [0.25, 0.3) is 0 Å². The van der Waals surface area contributed by atoms with Crippen LogP contribution in [-0.4, -0.2) is 61.4 Å². The Morgan fingerprint density at radius 3 is 2.67 bits per heavy atom. The molecule has 1 saturated heterocycles. The standard InChI is InChI=1S/C20H31N3O4/c1-20(2,3)27-19(25)21-10-9-18(24)22-13-17-15-23(11-12-26-17)14-16-7-5-4-6-8-16/h4-8,17H,9-15H2,1-3H3,(H,21,25)(H,22,24)/t17-/m0/s1. The second kappa shape index (κ2) is 10.3. The van der Waals surface area contributed by atoms with Crippen LogP contribution in [0.3, 0.4) is 0 Å². The molecule has 1 atom stereocenters. The molecule has 1 heterocycles. The van der Waals surface area contributed by atoms with Crippen LogP contribution in [0.15, 0.2) is 30.3 Å². The summed E-state index contributed by atoms with van der Waals surface area (Å²) < 4.78 is 10.9. The minimum absolute atomic E-state index is 0.0229. The molecule has 0 spiro atoms. The van der Waals surface area contributed by atoms with E-state index in [1.807, 2.05) is 18.2 Å². The number of hydrogen-bond acceptors (Lipinski definition) is 5. The molecule has 0 radical (unpaired) electrons. The molecular weight excluding hydrogens is 346 g/mol. The smallest absolute Gasteiger partial charge is 0.407 e. The van der Waals surface area contributed by atoms with Crippen molar-refractivity contribution in [3.05, 3.63) is 35.9 Å². The highest BCUT2D eigenvalue weighted by Crippen LogP contribution is 2.10. The van der Waals surface area contributed by atoms with Gasteiger partial charge >= 0.3 is 6.09 Å². The van der Waals surface area contributed by atoms with E-state index < -0.39 is 11.7 Å². The predicted octanol–water partition coefficient (Wildman–Crippen LogP) is 1.92. The molecule has 1 aromatic carbocycles. The molecule has 27 heavy (non-hydrogen) atoms. The summed E-state index contributed by atoms with van der Waals surface area (Å²) in [6.45, 7) is 9.31. The Labute approximate surface area is 161 Å². The lowest BCUT2D eigenvalue weighted by molar-refractivity contribution is -0.122. The van der Waals surface area contributed by atoms with Crippen LogP contribution < -0.4 is 10.6 Å². The minimum Gasteiger partial charge on any atom is -0.444 e. The fraction of sp³-hybridized carbons (Fsp3) is 0.600. The monoisotopic (exact) mass is 377 g/mol. The van der Waals surface area contributed by atoms with E-state index in [0.29, 0.717) is 13.2 Å². The molecule has 150 valence electrons. The Bertz CT molecular complexity index is 601. The van der Waals surface area contributed by atoms with Crippen molar-refractivity contribution >= 4 is 12.0 Å². The van der Waals surface area contributed by atoms with Gasteiger partial charge in [0.2, 0.25) is 5.91 Å². The van der Waals surface area contributed by atoms with E-state index in [4.69, 9.17) is 9.47 Å². The number of morpholine rings is 1. The third-order valence-corrected chi connectivity index (χ3v) is 4.02. The van der Waals surface area contributed by atoms with E-state index in [0.717, 1.165) is 19.6 Å². The van der Waals surface area contributed by atoms with E-state index in [1.54, 1.807) is 20.8 Å². The maximum Gasteiger partial charge on any atom is 0.407 e. The van der Waals surface area contributed by atoms with Crippen molar-refractivity contribution in [1.82, 2.24) is 15.5 Å². The van der Waals surface area contributed by atoms with Gasteiger partial charge in [-0.1, -0.05) is 30.3 Å². The molecule has 0 aliphatic carbocycles. The van der Waals surface area contributed by atoms with Crippen LogP contribution in [0.25, 0.3) is 0 Å². The molecule has 2 amide bonds. The van der Waals surface area contributed by atoms with Crippen LogP contribution in [0.1, 0.15) is 32.8 Å². The van der Waals surface area contributed by atoms with E-state index in [1.165, 1.54) is 5.56 Å². The van der Waals surface area contributed by atoms with Gasteiger partial charge in [-0.3, -0.25) is 9.69 Å². The van der Waals surface area contributed by atoms with E-state index >= 15 is 0 Å². The average Bonchev–Trinajstić information content (AvgIpc) is 2.60. The third-order valence-electron chi connectivity index (χ3n) is 4.02. The first-order chi connectivity index (χ1) is 12.8. The topological polar surface area (TPSA) is 79.9 Å². The zero-order valence-corrected chi connectivity index (χ0v) is 16.5. The highest BCUT2D eigenvalue weighted by molar-refractivity contribution is 5.77. The Kier molecular flexibility index (Phi) is 8.06. The maximum atomic E-state index is 12.0. The van der Waals surface area contributed by atoms with Gasteiger partial charge in [-0.25, -0.2) is 4.79 Å². The van der Waals surface area contributed by atoms with Gasteiger partial charge in [0, 0.05) is 39.1 Å². The SMILES string of the molecule is CC(C)(C)OC(=O)NCCC(=O)NC[C@H]1CN(Cc2ccccc2)CCO1. The van der Waals surface area contributed by atoms with Crippen LogP contribution in [0, 0.1) is 0 Å². The summed E-state index contributed by atoms with van der Waals surface area (Å²) in [5.41, 5.74) is 0.728. The minimum atomic E-state index is -0.545. The Morgan fingerprint density at radius 2 is 1.96 bits per heavy atom. The zero-order chi connectivity index (χ0) is 19.7. The number of alkyl carbamates (subject to hydrolysis) is 1. The van der Waals surface area contributed by atoms with Gasteiger partial charge < -0.3 is 20.1 Å². The van der Waals surface area contributed by atoms with Crippen molar-refractivity contribution < 1.29 is 19.1 Å². The highest BCUT2D eigenvalue weighted by atomic mass is 16.6. The number of hydrogen-bond donors (Lipinski definition) is 2. The molecular formula is C20H31N3O4. The number of rotatable bonds is 7. The van der Waals surface area contributed by atoms with Crippen LogP contribution >= 0.6 is 0 Å². The highest BCUT2D eigenvalue weighted by Gasteiger charge is 2.21. The molecule has 2 rings (SSSR count). The van der Waals surface area contributed by atoms with Crippen molar-refractivity contribution in [3.8, 4) is 0 Å². The van der Waals surface area contributed by atoms with Crippen molar-refractivity contribution in [2.24, 2.45) is 0 Å². The summed E-state index contributed by atoms with van der Waals surface area (Å²) in [7, 11) is 0. The van der Waals surface area contributed by atoms with Crippen molar-refractivity contribution in [1.29, 1.82) is 0 Å². The molecule has 7 heteroatoms. The van der Waals surface area contributed by atoms with Crippen LogP contribution in [0.4, 0.5) is 4.79 Å². The summed E-state index contributed by atoms with van der Waals surface area (Å²) in [6, 6.07) is 10.3. The van der Waals surface area contributed by atoms with E-state index in [9.17, 15) is 9.59 Å². The number of nitrogens with one attached hydrogen (secondary N) is 2. The average molecular weight is 377 g/mol. The number of benzene rings is 1. The van der Waals surface area contributed by atoms with Gasteiger partial charge in [-0.2, -0.15) is 0 Å². The molecule has 1 aromatic rings. The van der Waals surface area contributed by atoms with Gasteiger partial charge in [-0.15, -0.1) is 0 Å². The van der Waals surface area contributed by atoms with Gasteiger partial charge in [0.15, 0.2) is 0 Å². The van der Waals surface area contributed by atoms with Gasteiger partial charge in [-0.05, 0) is 26.3 Å². The van der Waals surface area contributed by atoms with Gasteiger partial charge in [0.1, 0.15) is 5.60 Å². The molecule has 0 aromatic heterocycles. The Hall–Kier alpha value is -2.12. The van der Waals surface area contributed by atoms with Crippen molar-refractivity contribution in [2.75, 3.05) is 32.8 Å². The van der Waals surface area contributed by atoms with Crippen molar-refractivity contribution in [2.45, 2.75) is 45.4 Å². The fourth-order valence-corrected chi connectivity index (χ4v) is 2.80. The lowest BCUT2D eigenvalue weighted by atomic mass is 10.2. The van der Waals surface area contributed by atoms with Crippen LogP contribution in [0.5, 0.6) is 0 Å². The molecule has 0 bridgehead atoms. The summed E-state index contributed by atoms with van der Waals surface area (Å²) >= 11 is 0. The number of nitrogens with zero attached hydrogens (tertiary/aromatic N) is 1. The van der Waals surface area contributed by atoms with E-state index in [-0.39, 0.29) is 25.0 Å². The lowest BCUT2D eigenvalue weighted by Crippen LogP contribution is -2.47. The maximum absolute atomic E-state index is 12.0. The molecule has 1 fully saturated rings. The quantitative estimate of drug-likeness (QED) is 0.759. The first kappa shape index (κ1) is 21.2. The zero-order valence-electron chi connectivity index (χ0n) is 16.5. The summed E-state index contributed by atoms with van der Waals surface area (Å²) in [5.74, 6) is -0.116. The largest absolute Gasteiger partial charge is 0.444 e. The number of ether oxygens (including phenoxy) is 2. The number of carbonyl (C=O) groups excluding carboxylic acids is 2. The predicted molar refractivity (Wildman–Crippen MR) is 103 cm³/mol. The molecule has 2 N–H and O–H groups in total. The Morgan fingerprint density at radius 1 is 1.22 bits per heavy atom. The molecule has 1 aliphatic rings. The molecule has 0 unspecified atom stereocenters. The normalized spacial score (nSPS) is 18.0. The molecule has 7 nitrogen and oxygen atoms in total. The Balaban J connectivity index is 1.62. The van der Waals surface area contributed by atoms with Crippen LogP contribution in [0.2, 0.25) is 0 Å². The summed E-state index contributed by atoms with van der Waals surface area (Å²) in [4.78, 5) is 25.8. The van der Waals surface area contributed by atoms with Crippen LogP contribution in [-0.2, 0) is 20.8 Å². The number of carbonyl (C=O) groups is 2. The summed E-state index contributed by atoms with van der Waals surface area (Å²) in [5, 5.41) is 5.46.